The smallest absolute Gasteiger partial charge is 0.252 e. The van der Waals surface area contributed by atoms with Crippen LogP contribution >= 0.6 is 8.58 Å². The van der Waals surface area contributed by atoms with E-state index in [-0.39, 0.29) is 18.3 Å². The van der Waals surface area contributed by atoms with Gasteiger partial charge in [-0.2, -0.15) is 5.10 Å². The molecule has 5 heterocycles. The lowest BCUT2D eigenvalue weighted by Gasteiger charge is -2.40. The molecular weight excluding hydrogens is 435 g/mol. The third kappa shape index (κ3) is 4.35. The van der Waals surface area contributed by atoms with Crippen LogP contribution in [-0.4, -0.2) is 73.5 Å². The fourth-order valence-corrected chi connectivity index (χ4v) is 6.32. The highest BCUT2D eigenvalue weighted by molar-refractivity contribution is 7.51. The van der Waals surface area contributed by atoms with Crippen molar-refractivity contribution >= 4 is 25.3 Å². The quantitative estimate of drug-likeness (QED) is 0.659. The summed E-state index contributed by atoms with van der Waals surface area (Å²) in [7, 11) is 0.444. The Labute approximate surface area is 195 Å². The number of aliphatic hydroxyl groups is 1. The average Bonchev–Trinajstić information content (AvgIpc) is 3.23. The predicted octanol–water partition coefficient (Wildman–Crippen LogP) is 2.38. The normalized spacial score (nSPS) is 22.5. The summed E-state index contributed by atoms with van der Waals surface area (Å²) in [5.74, 6) is 0.0667. The molecule has 2 atom stereocenters. The highest BCUT2D eigenvalue weighted by Crippen LogP contribution is 2.47. The van der Waals surface area contributed by atoms with Gasteiger partial charge in [0.2, 0.25) is 0 Å². The molecular formula is C24H31N6O2P. The van der Waals surface area contributed by atoms with Gasteiger partial charge >= 0.3 is 0 Å². The van der Waals surface area contributed by atoms with Gasteiger partial charge in [-0.15, -0.1) is 0 Å². The van der Waals surface area contributed by atoms with E-state index in [2.05, 4.69) is 28.2 Å². The van der Waals surface area contributed by atoms with Crippen LogP contribution in [0.15, 0.2) is 41.9 Å². The van der Waals surface area contributed by atoms with Gasteiger partial charge in [0.05, 0.1) is 46.9 Å². The molecule has 3 aliphatic rings. The number of aliphatic hydroxyl groups excluding tert-OH is 1. The third-order valence-electron chi connectivity index (χ3n) is 6.61. The minimum atomic E-state index is 0.0151. The first-order chi connectivity index (χ1) is 15.9. The second-order valence-corrected chi connectivity index (χ2v) is 10.4. The van der Waals surface area contributed by atoms with Gasteiger partial charge in [0.1, 0.15) is 0 Å². The highest BCUT2D eigenvalue weighted by atomic mass is 31.1. The summed E-state index contributed by atoms with van der Waals surface area (Å²) in [4.78, 5) is 22.0. The van der Waals surface area contributed by atoms with E-state index in [0.717, 1.165) is 59.5 Å². The number of nitrogens with zero attached hydrogens (tertiary/aromatic N) is 5. The highest BCUT2D eigenvalue weighted by Gasteiger charge is 2.34. The molecule has 2 N–H and O–H groups in total. The maximum Gasteiger partial charge on any atom is 0.252 e. The van der Waals surface area contributed by atoms with E-state index in [1.165, 1.54) is 5.57 Å². The van der Waals surface area contributed by atoms with Crippen molar-refractivity contribution in [2.75, 3.05) is 26.2 Å². The van der Waals surface area contributed by atoms with Crippen LogP contribution in [0.2, 0.25) is 0 Å². The molecule has 0 radical (unpaired) electrons. The number of likely N-dealkylation sites (tertiary alicyclic amines) is 1. The van der Waals surface area contributed by atoms with E-state index in [1.807, 2.05) is 41.7 Å². The SMILES string of the molecule is CC1=CC(N2CCC(NCCO)CC2)=CN2C(=O)C=C(c3cc4c(C)nc(C)cn4n3)PC12. The van der Waals surface area contributed by atoms with E-state index in [4.69, 9.17) is 10.2 Å². The number of aryl methyl sites for hydroxylation is 2. The van der Waals surface area contributed by atoms with E-state index in [1.54, 1.807) is 6.08 Å². The van der Waals surface area contributed by atoms with Crippen molar-refractivity contribution < 1.29 is 9.90 Å². The molecule has 5 rings (SSSR count). The number of amides is 1. The average molecular weight is 467 g/mol. The van der Waals surface area contributed by atoms with Crippen molar-refractivity contribution in [3.05, 3.63) is 59.0 Å². The molecule has 2 aromatic rings. The number of rotatable bonds is 5. The molecule has 1 fully saturated rings. The summed E-state index contributed by atoms with van der Waals surface area (Å²) in [5, 5.41) is 18.2. The van der Waals surface area contributed by atoms with Crippen molar-refractivity contribution in [1.29, 1.82) is 0 Å². The van der Waals surface area contributed by atoms with Crippen molar-refractivity contribution in [2.45, 2.75) is 45.4 Å². The van der Waals surface area contributed by atoms with E-state index in [0.29, 0.717) is 21.2 Å². The number of carbonyl (C=O) groups is 1. The topological polar surface area (TPSA) is 86.0 Å². The van der Waals surface area contributed by atoms with Crippen LogP contribution in [0.3, 0.4) is 0 Å². The Kier molecular flexibility index (Phi) is 6.08. The lowest BCUT2D eigenvalue weighted by molar-refractivity contribution is -0.124. The Bertz CT molecular complexity index is 1180. The Morgan fingerprint density at radius 3 is 2.76 bits per heavy atom. The molecule has 0 aliphatic carbocycles. The number of fused-ring (bicyclic) bond motifs is 2. The molecule has 174 valence electrons. The van der Waals surface area contributed by atoms with Gasteiger partial charge in [-0.25, -0.2) is 4.52 Å². The first kappa shape index (κ1) is 22.3. The van der Waals surface area contributed by atoms with Gasteiger partial charge < -0.3 is 20.2 Å². The maximum absolute atomic E-state index is 13.2. The molecule has 2 unspecified atom stereocenters. The van der Waals surface area contributed by atoms with E-state index >= 15 is 0 Å². The molecule has 8 nitrogen and oxygen atoms in total. The van der Waals surface area contributed by atoms with Crippen molar-refractivity contribution in [3.8, 4) is 0 Å². The summed E-state index contributed by atoms with van der Waals surface area (Å²) in [5.41, 5.74) is 6.03. The van der Waals surface area contributed by atoms with Gasteiger partial charge in [0.15, 0.2) is 0 Å². The summed E-state index contributed by atoms with van der Waals surface area (Å²) >= 11 is 0. The molecule has 0 saturated carbocycles. The van der Waals surface area contributed by atoms with Crippen LogP contribution in [0.5, 0.6) is 0 Å². The lowest BCUT2D eigenvalue weighted by Crippen LogP contribution is -2.44. The van der Waals surface area contributed by atoms with Gasteiger partial charge in [-0.1, -0.05) is 8.58 Å². The monoisotopic (exact) mass is 466 g/mol. The largest absolute Gasteiger partial charge is 0.395 e. The lowest BCUT2D eigenvalue weighted by atomic mass is 10.0. The first-order valence-corrected chi connectivity index (χ1v) is 12.6. The number of nitrogens with one attached hydrogen (secondary N) is 1. The van der Waals surface area contributed by atoms with Crippen LogP contribution in [0, 0.1) is 13.8 Å². The molecule has 2 aromatic heterocycles. The molecule has 3 aliphatic heterocycles. The fourth-order valence-electron chi connectivity index (χ4n) is 4.90. The van der Waals surface area contributed by atoms with Crippen LogP contribution in [-0.2, 0) is 4.79 Å². The Balaban J connectivity index is 1.35. The molecule has 0 spiro atoms. The third-order valence-corrected chi connectivity index (χ3v) is 8.33. The van der Waals surface area contributed by atoms with Gasteiger partial charge in [-0.05, 0) is 51.3 Å². The van der Waals surface area contributed by atoms with E-state index < -0.39 is 0 Å². The molecule has 33 heavy (non-hydrogen) atoms. The second kappa shape index (κ2) is 9.01. The zero-order chi connectivity index (χ0) is 23.1. The predicted molar refractivity (Wildman–Crippen MR) is 131 cm³/mol. The Hall–Kier alpha value is -2.54. The molecule has 9 heteroatoms. The molecule has 1 saturated heterocycles. The Morgan fingerprint density at radius 2 is 2.00 bits per heavy atom. The van der Waals surface area contributed by atoms with Crippen LogP contribution in [0.25, 0.3) is 10.8 Å². The van der Waals surface area contributed by atoms with Gasteiger partial charge in [0.25, 0.3) is 5.91 Å². The number of aromatic nitrogens is 3. The summed E-state index contributed by atoms with van der Waals surface area (Å²) < 4.78 is 1.87. The minimum absolute atomic E-state index is 0.0151. The number of carbonyl (C=O) groups excluding carboxylic acids is 1. The molecule has 1 amide bonds. The van der Waals surface area contributed by atoms with Crippen LogP contribution < -0.4 is 5.32 Å². The Morgan fingerprint density at radius 1 is 1.21 bits per heavy atom. The van der Waals surface area contributed by atoms with Gasteiger partial charge in [0, 0.05) is 43.3 Å². The standard InChI is InChI=1S/C24H31N6O2P/c1-15-10-19(28-7-4-18(5-8-28)25-6-9-31)14-29-23(32)12-22(33-24(15)29)20-11-21-17(3)26-16(2)13-30(21)27-20/h10-14,18,24-25,31,33H,4-9H2,1-3H3. The first-order valence-electron chi connectivity index (χ1n) is 11.6. The maximum atomic E-state index is 13.2. The van der Waals surface area contributed by atoms with E-state index in [9.17, 15) is 4.79 Å². The minimum Gasteiger partial charge on any atom is -0.395 e. The van der Waals surface area contributed by atoms with Crippen molar-refractivity contribution in [2.24, 2.45) is 0 Å². The number of hydrogen-bond donors (Lipinski definition) is 2. The van der Waals surface area contributed by atoms with Crippen molar-refractivity contribution in [1.82, 2.24) is 29.7 Å². The summed E-state index contributed by atoms with van der Waals surface area (Å²) in [6, 6.07) is 2.49. The number of allylic oxidation sites excluding steroid dienone is 1. The molecule has 0 aromatic carbocycles. The van der Waals surface area contributed by atoms with Gasteiger partial charge in [-0.3, -0.25) is 9.78 Å². The fraction of sp³-hybridized carbons (Fsp3) is 0.458. The van der Waals surface area contributed by atoms with Crippen LogP contribution in [0.4, 0.5) is 0 Å². The molecule has 0 bridgehead atoms. The number of hydrogen-bond acceptors (Lipinski definition) is 6. The van der Waals surface area contributed by atoms with Crippen molar-refractivity contribution in [3.63, 3.8) is 0 Å². The zero-order valence-electron chi connectivity index (χ0n) is 19.4. The second-order valence-electron chi connectivity index (χ2n) is 9.06. The van der Waals surface area contributed by atoms with Crippen LogP contribution in [0.1, 0.15) is 36.8 Å². The number of piperidine rings is 1. The summed E-state index contributed by atoms with van der Waals surface area (Å²) in [6.45, 7) is 8.80. The summed E-state index contributed by atoms with van der Waals surface area (Å²) in [6.07, 6.45) is 10.0. The zero-order valence-corrected chi connectivity index (χ0v) is 20.4.